The number of carbonyl (C=O) groups is 1. The fourth-order valence-corrected chi connectivity index (χ4v) is 3.12. The Morgan fingerprint density at radius 2 is 1.80 bits per heavy atom. The van der Waals surface area contributed by atoms with Gasteiger partial charge in [0.25, 0.3) is 5.91 Å². The lowest BCUT2D eigenvalue weighted by molar-refractivity contribution is -0.142. The highest BCUT2D eigenvalue weighted by Gasteiger charge is 2.40. The molecule has 0 saturated heterocycles. The Balaban J connectivity index is 2.05. The number of alkyl halides is 3. The normalized spacial score (nSPS) is 18.1. The molecule has 0 aromatic heterocycles. The molecule has 0 aliphatic heterocycles. The first-order chi connectivity index (χ1) is 11.7. The van der Waals surface area contributed by atoms with Gasteiger partial charge in [-0.15, -0.1) is 0 Å². The number of likely N-dealkylation sites (N-methyl/N-ethyl adjacent to an activating group) is 1. The highest BCUT2D eigenvalue weighted by molar-refractivity contribution is 5.81. The van der Waals surface area contributed by atoms with E-state index in [1.807, 2.05) is 0 Å². The lowest BCUT2D eigenvalue weighted by Crippen LogP contribution is -2.53. The minimum atomic E-state index is -4.42. The first-order valence-corrected chi connectivity index (χ1v) is 8.22. The lowest BCUT2D eigenvalue weighted by Gasteiger charge is -2.40. The van der Waals surface area contributed by atoms with Gasteiger partial charge in [0.15, 0.2) is 6.10 Å². The maximum atomic E-state index is 12.6. The standard InChI is InChI=1S/C18H21F3N2O2/c1-13(25-15-8-6-14(7-9-15)18(19,20)21)16(24)23(2)17(12-22)10-4-3-5-11-17/h6-9,13H,3-5,10-11H2,1-2H3/t13-/m1/s1. The van der Waals surface area contributed by atoms with Gasteiger partial charge >= 0.3 is 6.18 Å². The number of nitriles is 1. The third-order valence-corrected chi connectivity index (χ3v) is 4.70. The maximum absolute atomic E-state index is 12.6. The van der Waals surface area contributed by atoms with Crippen molar-refractivity contribution in [3.8, 4) is 11.8 Å². The van der Waals surface area contributed by atoms with Crippen LogP contribution in [0.5, 0.6) is 5.75 Å². The zero-order chi connectivity index (χ0) is 18.7. The minimum Gasteiger partial charge on any atom is -0.481 e. The highest BCUT2D eigenvalue weighted by Crippen LogP contribution is 2.33. The van der Waals surface area contributed by atoms with Crippen LogP contribution in [0.1, 0.15) is 44.6 Å². The number of ether oxygens (including phenoxy) is 1. The topological polar surface area (TPSA) is 53.3 Å². The minimum absolute atomic E-state index is 0.178. The molecule has 0 bridgehead atoms. The quantitative estimate of drug-likeness (QED) is 0.816. The van der Waals surface area contributed by atoms with Crippen LogP contribution in [-0.4, -0.2) is 29.5 Å². The van der Waals surface area contributed by atoms with Gasteiger partial charge in [0, 0.05) is 7.05 Å². The number of hydrogen-bond donors (Lipinski definition) is 0. The average molecular weight is 354 g/mol. The Morgan fingerprint density at radius 1 is 1.24 bits per heavy atom. The third kappa shape index (κ3) is 4.25. The molecule has 25 heavy (non-hydrogen) atoms. The second kappa shape index (κ2) is 7.34. The van der Waals surface area contributed by atoms with Crippen LogP contribution in [0.4, 0.5) is 13.2 Å². The molecule has 0 N–H and O–H groups in total. The summed E-state index contributed by atoms with van der Waals surface area (Å²) in [4.78, 5) is 14.0. The van der Waals surface area contributed by atoms with Gasteiger partial charge in [0.05, 0.1) is 11.6 Å². The molecule has 7 heteroatoms. The van der Waals surface area contributed by atoms with Crippen molar-refractivity contribution in [3.63, 3.8) is 0 Å². The summed E-state index contributed by atoms with van der Waals surface area (Å²) in [7, 11) is 1.59. The van der Waals surface area contributed by atoms with E-state index in [0.717, 1.165) is 31.4 Å². The molecule has 0 spiro atoms. The molecule has 1 fully saturated rings. The van der Waals surface area contributed by atoms with Crippen molar-refractivity contribution in [1.82, 2.24) is 4.90 Å². The van der Waals surface area contributed by atoms with Crippen molar-refractivity contribution in [2.45, 2.75) is 56.8 Å². The molecule has 1 aliphatic carbocycles. The Labute approximate surface area is 145 Å². The van der Waals surface area contributed by atoms with E-state index in [-0.39, 0.29) is 11.7 Å². The number of nitrogens with zero attached hydrogens (tertiary/aromatic N) is 2. The number of halogens is 3. The van der Waals surface area contributed by atoms with Crippen molar-refractivity contribution in [2.75, 3.05) is 7.05 Å². The van der Waals surface area contributed by atoms with E-state index in [4.69, 9.17) is 4.74 Å². The van der Waals surface area contributed by atoms with Gasteiger partial charge in [-0.2, -0.15) is 18.4 Å². The molecule has 2 rings (SSSR count). The van der Waals surface area contributed by atoms with Gasteiger partial charge in [-0.25, -0.2) is 0 Å². The molecular weight excluding hydrogens is 333 g/mol. The molecule has 136 valence electrons. The van der Waals surface area contributed by atoms with Gasteiger partial charge < -0.3 is 9.64 Å². The summed E-state index contributed by atoms with van der Waals surface area (Å²) in [6.45, 7) is 1.53. The van der Waals surface area contributed by atoms with Gasteiger partial charge in [-0.1, -0.05) is 19.3 Å². The van der Waals surface area contributed by atoms with Crippen LogP contribution in [0, 0.1) is 11.3 Å². The van der Waals surface area contributed by atoms with Crippen LogP contribution in [0.15, 0.2) is 24.3 Å². The largest absolute Gasteiger partial charge is 0.481 e. The molecule has 0 heterocycles. The average Bonchev–Trinajstić information content (AvgIpc) is 2.60. The van der Waals surface area contributed by atoms with Crippen molar-refractivity contribution in [1.29, 1.82) is 5.26 Å². The fraction of sp³-hybridized carbons (Fsp3) is 0.556. The van der Waals surface area contributed by atoms with Crippen molar-refractivity contribution >= 4 is 5.91 Å². The zero-order valence-corrected chi connectivity index (χ0v) is 14.3. The predicted octanol–water partition coefficient (Wildman–Crippen LogP) is 4.16. The molecule has 4 nitrogen and oxygen atoms in total. The highest BCUT2D eigenvalue weighted by atomic mass is 19.4. The summed E-state index contributed by atoms with van der Waals surface area (Å²) in [5.41, 5.74) is -1.60. The van der Waals surface area contributed by atoms with E-state index >= 15 is 0 Å². The number of hydrogen-bond acceptors (Lipinski definition) is 3. The van der Waals surface area contributed by atoms with Crippen LogP contribution in [0.25, 0.3) is 0 Å². The second-order valence-electron chi connectivity index (χ2n) is 6.38. The van der Waals surface area contributed by atoms with Crippen molar-refractivity contribution in [2.24, 2.45) is 0 Å². The van der Waals surface area contributed by atoms with Crippen molar-refractivity contribution in [3.05, 3.63) is 29.8 Å². The molecule has 0 unspecified atom stereocenters. The number of amides is 1. The Morgan fingerprint density at radius 3 is 2.28 bits per heavy atom. The van der Waals surface area contributed by atoms with E-state index in [1.165, 1.54) is 24.0 Å². The zero-order valence-electron chi connectivity index (χ0n) is 14.3. The molecule has 0 radical (unpaired) electrons. The number of carbonyl (C=O) groups excluding carboxylic acids is 1. The number of rotatable bonds is 4. The Bertz CT molecular complexity index is 644. The Kier molecular flexibility index (Phi) is 5.61. The summed E-state index contributed by atoms with van der Waals surface area (Å²) in [5.74, 6) is -0.180. The summed E-state index contributed by atoms with van der Waals surface area (Å²) < 4.78 is 43.2. The SMILES string of the molecule is C[C@@H](Oc1ccc(C(F)(F)F)cc1)C(=O)N(C)C1(C#N)CCCCC1. The monoisotopic (exact) mass is 354 g/mol. The van der Waals surface area contributed by atoms with Gasteiger partial charge in [-0.05, 0) is 44.0 Å². The van der Waals surface area contributed by atoms with E-state index in [1.54, 1.807) is 7.05 Å². The summed E-state index contributed by atoms with van der Waals surface area (Å²) in [6, 6.07) is 6.46. The molecule has 1 aromatic carbocycles. The molecule has 1 aromatic rings. The molecule has 1 atom stereocenters. The fourth-order valence-electron chi connectivity index (χ4n) is 3.12. The van der Waals surface area contributed by atoms with Crippen LogP contribution >= 0.6 is 0 Å². The summed E-state index contributed by atoms with van der Waals surface area (Å²) in [5, 5.41) is 9.55. The van der Waals surface area contributed by atoms with Crippen LogP contribution in [-0.2, 0) is 11.0 Å². The summed E-state index contributed by atoms with van der Waals surface area (Å²) >= 11 is 0. The molecule has 1 aliphatic rings. The third-order valence-electron chi connectivity index (χ3n) is 4.70. The summed E-state index contributed by atoms with van der Waals surface area (Å²) in [6.07, 6.45) is -1.24. The van der Waals surface area contributed by atoms with Crippen LogP contribution < -0.4 is 4.74 Å². The van der Waals surface area contributed by atoms with Gasteiger partial charge in [-0.3, -0.25) is 4.79 Å². The lowest BCUT2D eigenvalue weighted by atomic mass is 9.81. The smallest absolute Gasteiger partial charge is 0.416 e. The second-order valence-corrected chi connectivity index (χ2v) is 6.38. The van der Waals surface area contributed by atoms with Gasteiger partial charge in [0.1, 0.15) is 11.3 Å². The first-order valence-electron chi connectivity index (χ1n) is 8.22. The van der Waals surface area contributed by atoms with Gasteiger partial charge in [0.2, 0.25) is 0 Å². The first kappa shape index (κ1) is 19.1. The van der Waals surface area contributed by atoms with Crippen LogP contribution in [0.2, 0.25) is 0 Å². The van der Waals surface area contributed by atoms with E-state index in [0.29, 0.717) is 12.8 Å². The Hall–Kier alpha value is -2.23. The molecule has 1 amide bonds. The van der Waals surface area contributed by atoms with E-state index < -0.39 is 23.4 Å². The number of benzene rings is 1. The molecule has 1 saturated carbocycles. The van der Waals surface area contributed by atoms with E-state index in [9.17, 15) is 23.2 Å². The van der Waals surface area contributed by atoms with Crippen LogP contribution in [0.3, 0.4) is 0 Å². The maximum Gasteiger partial charge on any atom is 0.416 e. The molecular formula is C18H21F3N2O2. The van der Waals surface area contributed by atoms with Crippen molar-refractivity contribution < 1.29 is 22.7 Å². The predicted molar refractivity (Wildman–Crippen MR) is 85.7 cm³/mol. The van der Waals surface area contributed by atoms with E-state index in [2.05, 4.69) is 6.07 Å².